The summed E-state index contributed by atoms with van der Waals surface area (Å²) in [6.07, 6.45) is 0. The first-order valence-corrected chi connectivity index (χ1v) is 10.4. The summed E-state index contributed by atoms with van der Waals surface area (Å²) in [5.41, 5.74) is 2.21. The van der Waals surface area contributed by atoms with E-state index in [9.17, 15) is 14.0 Å². The summed E-state index contributed by atoms with van der Waals surface area (Å²) in [7, 11) is 0. The van der Waals surface area contributed by atoms with Gasteiger partial charge in [0, 0.05) is 40.5 Å². The first-order valence-electron chi connectivity index (χ1n) is 9.53. The Labute approximate surface area is 181 Å². The van der Waals surface area contributed by atoms with E-state index in [0.717, 1.165) is 16.7 Å². The van der Waals surface area contributed by atoms with Crippen LogP contribution in [0.5, 0.6) is 5.75 Å². The Morgan fingerprint density at radius 2 is 2.00 bits per heavy atom. The molecule has 0 saturated heterocycles. The van der Waals surface area contributed by atoms with Crippen LogP contribution in [-0.2, 0) is 4.79 Å². The predicted molar refractivity (Wildman–Crippen MR) is 119 cm³/mol. The van der Waals surface area contributed by atoms with E-state index in [0.29, 0.717) is 28.8 Å². The number of amides is 2. The minimum atomic E-state index is -0.518. The summed E-state index contributed by atoms with van der Waals surface area (Å²) in [5.74, 6) is -0.427. The number of rotatable bonds is 6. The number of anilines is 2. The van der Waals surface area contributed by atoms with Crippen LogP contribution in [0.1, 0.15) is 24.3 Å². The molecule has 0 atom stereocenters. The van der Waals surface area contributed by atoms with E-state index in [1.54, 1.807) is 17.5 Å². The van der Waals surface area contributed by atoms with E-state index in [1.165, 1.54) is 30.4 Å². The Morgan fingerprint density at radius 3 is 2.74 bits per heavy atom. The molecule has 0 fully saturated rings. The van der Waals surface area contributed by atoms with E-state index in [4.69, 9.17) is 4.74 Å². The van der Waals surface area contributed by atoms with Crippen molar-refractivity contribution in [2.75, 3.05) is 17.2 Å². The standard InChI is InChI=1S/C22H19FN4O3S/c1-3-30-15-6-4-13-8-19(25-18(13)10-15)21(29)27-22-26-20(11-31-22)16-7-5-14(9-17(16)23)24-12(2)28/h4-11,25H,3H2,1-2H3,(H,24,28)(H,26,27,29). The van der Waals surface area contributed by atoms with Crippen LogP contribution in [-0.4, -0.2) is 28.4 Å². The lowest BCUT2D eigenvalue weighted by Crippen LogP contribution is -2.11. The van der Waals surface area contributed by atoms with Gasteiger partial charge in [-0.15, -0.1) is 11.3 Å². The summed E-state index contributed by atoms with van der Waals surface area (Å²) in [4.78, 5) is 31.1. The van der Waals surface area contributed by atoms with Gasteiger partial charge in [-0.1, -0.05) is 0 Å². The molecule has 4 aromatic rings. The fourth-order valence-electron chi connectivity index (χ4n) is 3.11. The Balaban J connectivity index is 1.50. The molecule has 2 amide bonds. The van der Waals surface area contributed by atoms with Crippen molar-refractivity contribution in [1.82, 2.24) is 9.97 Å². The summed E-state index contributed by atoms with van der Waals surface area (Å²) >= 11 is 1.19. The van der Waals surface area contributed by atoms with E-state index < -0.39 is 5.82 Å². The molecule has 7 nitrogen and oxygen atoms in total. The molecule has 0 radical (unpaired) electrons. The monoisotopic (exact) mass is 438 g/mol. The number of aromatic amines is 1. The number of H-pyrrole nitrogens is 1. The molecule has 0 bridgehead atoms. The molecular formula is C22H19FN4O3S. The first-order chi connectivity index (χ1) is 14.9. The molecule has 2 aromatic carbocycles. The second kappa shape index (κ2) is 8.57. The maximum absolute atomic E-state index is 14.4. The van der Waals surface area contributed by atoms with Crippen molar-refractivity contribution in [2.45, 2.75) is 13.8 Å². The van der Waals surface area contributed by atoms with Crippen molar-refractivity contribution in [1.29, 1.82) is 0 Å². The highest BCUT2D eigenvalue weighted by atomic mass is 32.1. The zero-order chi connectivity index (χ0) is 22.0. The largest absolute Gasteiger partial charge is 0.494 e. The fraction of sp³-hybridized carbons (Fsp3) is 0.136. The zero-order valence-electron chi connectivity index (χ0n) is 16.8. The number of benzene rings is 2. The molecule has 9 heteroatoms. The number of halogens is 1. The minimum absolute atomic E-state index is 0.278. The average Bonchev–Trinajstić information content (AvgIpc) is 3.34. The number of thiazole rings is 1. The van der Waals surface area contributed by atoms with Crippen molar-refractivity contribution in [3.05, 3.63) is 59.4 Å². The van der Waals surface area contributed by atoms with Crippen LogP contribution >= 0.6 is 11.3 Å². The molecule has 4 rings (SSSR count). The van der Waals surface area contributed by atoms with Gasteiger partial charge in [-0.2, -0.15) is 0 Å². The zero-order valence-corrected chi connectivity index (χ0v) is 17.6. The van der Waals surface area contributed by atoms with Crippen LogP contribution in [0, 0.1) is 5.82 Å². The van der Waals surface area contributed by atoms with Crippen LogP contribution in [0.3, 0.4) is 0 Å². The molecule has 31 heavy (non-hydrogen) atoms. The van der Waals surface area contributed by atoms with Crippen LogP contribution in [0.25, 0.3) is 22.2 Å². The first kappa shape index (κ1) is 20.5. The quantitative estimate of drug-likeness (QED) is 0.393. The normalized spacial score (nSPS) is 10.8. The summed E-state index contributed by atoms with van der Waals surface area (Å²) in [6.45, 7) is 3.82. The number of carbonyl (C=O) groups is 2. The third kappa shape index (κ3) is 4.56. The van der Waals surface area contributed by atoms with Crippen molar-refractivity contribution in [3.8, 4) is 17.0 Å². The van der Waals surface area contributed by atoms with Crippen molar-refractivity contribution in [2.24, 2.45) is 0 Å². The lowest BCUT2D eigenvalue weighted by atomic mass is 10.1. The number of nitrogens with zero attached hydrogens (tertiary/aromatic N) is 1. The summed E-state index contributed by atoms with van der Waals surface area (Å²) in [6, 6.07) is 11.7. The third-order valence-electron chi connectivity index (χ3n) is 4.44. The van der Waals surface area contributed by atoms with Crippen molar-refractivity contribution in [3.63, 3.8) is 0 Å². The maximum atomic E-state index is 14.4. The molecule has 158 valence electrons. The maximum Gasteiger partial charge on any atom is 0.273 e. The number of nitrogens with one attached hydrogen (secondary N) is 3. The predicted octanol–water partition coefficient (Wildman–Crippen LogP) is 5.04. The molecule has 0 saturated carbocycles. The Morgan fingerprint density at radius 1 is 1.16 bits per heavy atom. The minimum Gasteiger partial charge on any atom is -0.494 e. The molecule has 0 unspecified atom stereocenters. The van der Waals surface area contributed by atoms with Gasteiger partial charge in [-0.3, -0.25) is 14.9 Å². The third-order valence-corrected chi connectivity index (χ3v) is 5.20. The summed E-state index contributed by atoms with van der Waals surface area (Å²) < 4.78 is 19.9. The molecule has 0 aliphatic rings. The highest BCUT2D eigenvalue weighted by Crippen LogP contribution is 2.29. The van der Waals surface area contributed by atoms with Crippen LogP contribution in [0.2, 0.25) is 0 Å². The van der Waals surface area contributed by atoms with Crippen molar-refractivity contribution >= 4 is 44.9 Å². The lowest BCUT2D eigenvalue weighted by molar-refractivity contribution is -0.114. The van der Waals surface area contributed by atoms with Gasteiger partial charge in [0.15, 0.2) is 5.13 Å². The van der Waals surface area contributed by atoms with Crippen molar-refractivity contribution < 1.29 is 18.7 Å². The van der Waals surface area contributed by atoms with Gasteiger partial charge in [-0.25, -0.2) is 9.37 Å². The number of hydrogen-bond donors (Lipinski definition) is 3. The van der Waals surface area contributed by atoms with E-state index in [-0.39, 0.29) is 17.4 Å². The van der Waals surface area contributed by atoms with Gasteiger partial charge < -0.3 is 15.0 Å². The second-order valence-corrected chi connectivity index (χ2v) is 7.59. The molecule has 0 aliphatic carbocycles. The van der Waals surface area contributed by atoms with Crippen LogP contribution in [0.15, 0.2) is 47.8 Å². The molecule has 2 aromatic heterocycles. The number of ether oxygens (including phenoxy) is 1. The Kier molecular flexibility index (Phi) is 5.68. The van der Waals surface area contributed by atoms with Crippen LogP contribution in [0.4, 0.5) is 15.2 Å². The number of fused-ring (bicyclic) bond motifs is 1. The van der Waals surface area contributed by atoms with E-state index in [1.807, 2.05) is 25.1 Å². The highest BCUT2D eigenvalue weighted by molar-refractivity contribution is 7.14. The Hall–Kier alpha value is -3.72. The average molecular weight is 438 g/mol. The molecule has 2 heterocycles. The van der Waals surface area contributed by atoms with E-state index >= 15 is 0 Å². The van der Waals surface area contributed by atoms with Gasteiger partial charge in [0.05, 0.1) is 12.3 Å². The molecular weight excluding hydrogens is 419 g/mol. The van der Waals surface area contributed by atoms with Gasteiger partial charge in [0.2, 0.25) is 5.91 Å². The lowest BCUT2D eigenvalue weighted by Gasteiger charge is -2.05. The van der Waals surface area contributed by atoms with Crippen LogP contribution < -0.4 is 15.4 Å². The van der Waals surface area contributed by atoms with Gasteiger partial charge in [0.25, 0.3) is 5.91 Å². The molecule has 0 spiro atoms. The Bertz CT molecular complexity index is 1280. The van der Waals surface area contributed by atoms with Gasteiger partial charge in [-0.05, 0) is 43.3 Å². The highest BCUT2D eigenvalue weighted by Gasteiger charge is 2.15. The number of aromatic nitrogens is 2. The fourth-order valence-corrected chi connectivity index (χ4v) is 3.81. The van der Waals surface area contributed by atoms with E-state index in [2.05, 4.69) is 20.6 Å². The van der Waals surface area contributed by atoms with Gasteiger partial charge >= 0.3 is 0 Å². The smallest absolute Gasteiger partial charge is 0.273 e. The van der Waals surface area contributed by atoms with Gasteiger partial charge in [0.1, 0.15) is 17.3 Å². The number of hydrogen-bond acceptors (Lipinski definition) is 5. The summed E-state index contributed by atoms with van der Waals surface area (Å²) in [5, 5.41) is 8.15. The molecule has 0 aliphatic heterocycles. The second-order valence-electron chi connectivity index (χ2n) is 6.73. The molecule has 3 N–H and O–H groups in total. The SMILES string of the molecule is CCOc1ccc2cc(C(=O)Nc3nc(-c4ccc(NC(C)=O)cc4F)cs3)[nH]c2c1. The topological polar surface area (TPSA) is 96.1 Å². The number of carbonyl (C=O) groups excluding carboxylic acids is 2.